The van der Waals surface area contributed by atoms with Crippen molar-refractivity contribution < 1.29 is 14.3 Å². The Bertz CT molecular complexity index is 515. The zero-order valence-electron chi connectivity index (χ0n) is 14.3. The molecule has 1 rings (SSSR count). The van der Waals surface area contributed by atoms with Crippen molar-refractivity contribution >= 4 is 12.0 Å². The smallest absolute Gasteiger partial charge is 0.258 e. The molecule has 1 aromatic carbocycles. The molecule has 1 amide bonds. The van der Waals surface area contributed by atoms with Crippen molar-refractivity contribution in [2.45, 2.75) is 39.2 Å². The third-order valence-electron chi connectivity index (χ3n) is 3.46. The normalized spacial score (nSPS) is 12.2. The van der Waals surface area contributed by atoms with Crippen LogP contribution >= 0.6 is 0 Å². The molecule has 1 atom stereocenters. The molecule has 0 heterocycles. The molecule has 128 valence electrons. The lowest BCUT2D eigenvalue weighted by Crippen LogP contribution is -2.42. The Morgan fingerprint density at radius 3 is 2.78 bits per heavy atom. The van der Waals surface area contributed by atoms with Crippen molar-refractivity contribution in [2.24, 2.45) is 5.73 Å². The number of unbranched alkanes of at least 4 members (excludes halogenated alkanes) is 1. The van der Waals surface area contributed by atoms with Crippen LogP contribution in [0.15, 0.2) is 24.3 Å². The van der Waals surface area contributed by atoms with E-state index in [-0.39, 0.29) is 18.6 Å². The van der Waals surface area contributed by atoms with Crippen LogP contribution in [-0.4, -0.2) is 32.2 Å². The maximum atomic E-state index is 12.0. The van der Waals surface area contributed by atoms with Crippen molar-refractivity contribution in [3.05, 3.63) is 29.8 Å². The molecule has 0 aliphatic heterocycles. The summed E-state index contributed by atoms with van der Waals surface area (Å²) >= 11 is 0. The zero-order chi connectivity index (χ0) is 17.1. The zero-order valence-corrected chi connectivity index (χ0v) is 14.3. The average molecular weight is 320 g/mol. The van der Waals surface area contributed by atoms with Crippen LogP contribution in [-0.2, 0) is 4.79 Å². The second-order valence-electron chi connectivity index (χ2n) is 5.34. The van der Waals surface area contributed by atoms with Gasteiger partial charge in [-0.15, -0.1) is 0 Å². The predicted molar refractivity (Wildman–Crippen MR) is 93.7 cm³/mol. The minimum atomic E-state index is -0.170. The first kappa shape index (κ1) is 19.0. The van der Waals surface area contributed by atoms with E-state index >= 15 is 0 Å². The predicted octanol–water partition coefficient (Wildman–Crippen LogP) is 2.74. The Labute approximate surface area is 138 Å². The minimum Gasteiger partial charge on any atom is -0.493 e. The van der Waals surface area contributed by atoms with E-state index in [1.807, 2.05) is 31.2 Å². The first-order chi connectivity index (χ1) is 11.1. The summed E-state index contributed by atoms with van der Waals surface area (Å²) < 4.78 is 10.9. The lowest BCUT2D eigenvalue weighted by Gasteiger charge is -2.17. The van der Waals surface area contributed by atoms with Crippen molar-refractivity contribution in [2.75, 3.05) is 20.3 Å². The summed E-state index contributed by atoms with van der Waals surface area (Å²) in [6.45, 7) is 4.45. The van der Waals surface area contributed by atoms with E-state index in [1.54, 1.807) is 13.2 Å². The summed E-state index contributed by atoms with van der Waals surface area (Å²) in [5.74, 6) is 0.986. The summed E-state index contributed by atoms with van der Waals surface area (Å²) in [6.07, 6.45) is 6.94. The number of amides is 1. The van der Waals surface area contributed by atoms with Crippen LogP contribution in [0.3, 0.4) is 0 Å². The summed E-state index contributed by atoms with van der Waals surface area (Å²) in [6, 6.07) is 5.60. The summed E-state index contributed by atoms with van der Waals surface area (Å²) in [5.41, 5.74) is 6.70. The number of nitrogens with one attached hydrogen (secondary N) is 1. The van der Waals surface area contributed by atoms with E-state index in [4.69, 9.17) is 15.2 Å². The Hall–Kier alpha value is -2.01. The molecule has 0 spiro atoms. The van der Waals surface area contributed by atoms with E-state index in [2.05, 4.69) is 12.2 Å². The molecule has 0 aromatic heterocycles. The van der Waals surface area contributed by atoms with Crippen LogP contribution in [0.1, 0.15) is 38.7 Å². The van der Waals surface area contributed by atoms with Crippen molar-refractivity contribution in [1.82, 2.24) is 5.32 Å². The number of methoxy groups -OCH3 is 1. The number of carbonyl (C=O) groups is 1. The van der Waals surface area contributed by atoms with Crippen LogP contribution in [0.5, 0.6) is 11.5 Å². The summed E-state index contributed by atoms with van der Waals surface area (Å²) in [5, 5.41) is 2.90. The Morgan fingerprint density at radius 2 is 2.17 bits per heavy atom. The van der Waals surface area contributed by atoms with Gasteiger partial charge < -0.3 is 20.5 Å². The van der Waals surface area contributed by atoms with Gasteiger partial charge in [0.05, 0.1) is 7.11 Å². The van der Waals surface area contributed by atoms with Gasteiger partial charge in [-0.3, -0.25) is 4.79 Å². The second-order valence-corrected chi connectivity index (χ2v) is 5.34. The third kappa shape index (κ3) is 6.74. The maximum Gasteiger partial charge on any atom is 0.258 e. The van der Waals surface area contributed by atoms with E-state index < -0.39 is 0 Å². The summed E-state index contributed by atoms with van der Waals surface area (Å²) in [7, 11) is 1.58. The largest absolute Gasteiger partial charge is 0.493 e. The van der Waals surface area contributed by atoms with Crippen molar-refractivity contribution in [3.8, 4) is 11.5 Å². The Morgan fingerprint density at radius 1 is 1.39 bits per heavy atom. The average Bonchev–Trinajstić information content (AvgIpc) is 2.57. The molecule has 3 N–H and O–H groups in total. The molecule has 0 saturated carbocycles. The van der Waals surface area contributed by atoms with Crippen LogP contribution in [0, 0.1) is 0 Å². The van der Waals surface area contributed by atoms with Gasteiger partial charge >= 0.3 is 0 Å². The number of ether oxygens (including phenoxy) is 2. The highest BCUT2D eigenvalue weighted by atomic mass is 16.5. The van der Waals surface area contributed by atoms with Gasteiger partial charge in [0.1, 0.15) is 0 Å². The van der Waals surface area contributed by atoms with Gasteiger partial charge in [-0.1, -0.05) is 38.0 Å². The SMILES string of the molecule is C/C=C/c1ccc(OCC(=O)NC(CN)CCCC)c(OC)c1. The number of allylic oxidation sites excluding steroid dienone is 1. The molecule has 23 heavy (non-hydrogen) atoms. The van der Waals surface area contributed by atoms with E-state index in [1.165, 1.54) is 0 Å². The first-order valence-corrected chi connectivity index (χ1v) is 8.07. The highest BCUT2D eigenvalue weighted by Crippen LogP contribution is 2.28. The van der Waals surface area contributed by atoms with Crippen molar-refractivity contribution in [1.29, 1.82) is 0 Å². The molecule has 0 aliphatic carbocycles. The van der Waals surface area contributed by atoms with Crippen LogP contribution in [0.25, 0.3) is 6.08 Å². The van der Waals surface area contributed by atoms with Gasteiger partial charge in [-0.25, -0.2) is 0 Å². The quantitative estimate of drug-likeness (QED) is 0.695. The van der Waals surface area contributed by atoms with Gasteiger partial charge in [0.2, 0.25) is 0 Å². The van der Waals surface area contributed by atoms with Gasteiger partial charge in [0.15, 0.2) is 18.1 Å². The number of nitrogens with two attached hydrogens (primary N) is 1. The topological polar surface area (TPSA) is 73.6 Å². The fourth-order valence-electron chi connectivity index (χ4n) is 2.21. The van der Waals surface area contributed by atoms with Gasteiger partial charge in [0.25, 0.3) is 5.91 Å². The Balaban J connectivity index is 2.58. The molecule has 0 fully saturated rings. The van der Waals surface area contributed by atoms with E-state index in [0.717, 1.165) is 24.8 Å². The van der Waals surface area contributed by atoms with E-state index in [0.29, 0.717) is 18.0 Å². The third-order valence-corrected chi connectivity index (χ3v) is 3.46. The fraction of sp³-hybridized carbons (Fsp3) is 0.500. The van der Waals surface area contributed by atoms with Gasteiger partial charge in [0, 0.05) is 12.6 Å². The molecule has 0 aliphatic rings. The van der Waals surface area contributed by atoms with Crippen LogP contribution in [0.4, 0.5) is 0 Å². The minimum absolute atomic E-state index is 0.00464. The molecular formula is C18H28N2O3. The van der Waals surface area contributed by atoms with Gasteiger partial charge in [-0.2, -0.15) is 0 Å². The number of hydrogen-bond donors (Lipinski definition) is 2. The first-order valence-electron chi connectivity index (χ1n) is 8.07. The molecular weight excluding hydrogens is 292 g/mol. The lowest BCUT2D eigenvalue weighted by molar-refractivity contribution is -0.123. The molecule has 1 unspecified atom stereocenters. The lowest BCUT2D eigenvalue weighted by atomic mass is 10.1. The fourth-order valence-corrected chi connectivity index (χ4v) is 2.21. The molecule has 0 bridgehead atoms. The van der Waals surface area contributed by atoms with Crippen molar-refractivity contribution in [3.63, 3.8) is 0 Å². The Kier molecular flexibility index (Phi) is 8.83. The molecule has 0 saturated heterocycles. The highest BCUT2D eigenvalue weighted by Gasteiger charge is 2.12. The number of rotatable bonds is 10. The van der Waals surface area contributed by atoms with Crippen LogP contribution in [0.2, 0.25) is 0 Å². The molecule has 5 heteroatoms. The molecule has 5 nitrogen and oxygen atoms in total. The standard InChI is InChI=1S/C18H28N2O3/c1-4-6-8-15(12-19)20-18(21)13-23-16-10-9-14(7-5-2)11-17(16)22-3/h5,7,9-11,15H,4,6,8,12-13,19H2,1-3H3,(H,20,21)/b7-5+. The second kappa shape index (κ2) is 10.7. The van der Waals surface area contributed by atoms with Gasteiger partial charge in [-0.05, 0) is 31.0 Å². The highest BCUT2D eigenvalue weighted by molar-refractivity contribution is 5.78. The summed E-state index contributed by atoms with van der Waals surface area (Å²) in [4.78, 5) is 12.0. The van der Waals surface area contributed by atoms with E-state index in [9.17, 15) is 4.79 Å². The molecule has 0 radical (unpaired) electrons. The van der Waals surface area contributed by atoms with Crippen LogP contribution < -0.4 is 20.5 Å². The monoisotopic (exact) mass is 320 g/mol. The number of hydrogen-bond acceptors (Lipinski definition) is 4. The molecule has 1 aromatic rings. The number of benzene rings is 1. The maximum absolute atomic E-state index is 12.0. The number of carbonyl (C=O) groups excluding carboxylic acids is 1.